The smallest absolute Gasteiger partial charge is 0.416 e. The maximum Gasteiger partial charge on any atom is 0.416 e. The van der Waals surface area contributed by atoms with E-state index in [9.17, 15) is 42.2 Å². The zero-order chi connectivity index (χ0) is 53.1. The van der Waals surface area contributed by atoms with Crippen LogP contribution in [0.15, 0.2) is 77.4 Å². The summed E-state index contributed by atoms with van der Waals surface area (Å²) in [5.74, 6) is -0.853. The van der Waals surface area contributed by atoms with Crippen molar-refractivity contribution in [1.82, 2.24) is 4.90 Å². The molecule has 0 spiro atoms. The Morgan fingerprint density at radius 2 is 1.67 bits per heavy atom. The number of nitrogens with zero attached hydrogens (tertiary/aromatic N) is 3. The summed E-state index contributed by atoms with van der Waals surface area (Å²) in [6.45, 7) is 11.4. The van der Waals surface area contributed by atoms with E-state index >= 15 is 0 Å². The number of hydrogen-bond donors (Lipinski definition) is 3. The fraction of sp³-hybridized carbons (Fsp3) is 0.444. The number of carbonyl (C=O) groups is 3. The minimum absolute atomic E-state index is 0.0111. The molecule has 3 atom stereocenters. The largest absolute Gasteiger partial charge is 0.487 e. The molecular formula is C45H56Cl4F3N4O13P. The molecular weight excluding hydrogens is 1030 g/mol. The number of benzene rings is 3. The first kappa shape index (κ1) is 61.5. The van der Waals surface area contributed by atoms with Crippen LogP contribution in [0.4, 0.5) is 24.5 Å². The number of amides is 2. The Kier molecular flexibility index (Phi) is 25.0. The molecule has 1 fully saturated rings. The van der Waals surface area contributed by atoms with Gasteiger partial charge in [-0.15, -0.1) is 11.6 Å². The summed E-state index contributed by atoms with van der Waals surface area (Å²) >= 11 is 22.7. The van der Waals surface area contributed by atoms with E-state index in [2.05, 4.69) is 13.8 Å². The van der Waals surface area contributed by atoms with Gasteiger partial charge in [-0.2, -0.15) is 13.2 Å². The number of para-hydroxylation sites is 1. The molecule has 70 heavy (non-hydrogen) atoms. The van der Waals surface area contributed by atoms with Gasteiger partial charge in [-0.3, -0.25) is 34.0 Å². The van der Waals surface area contributed by atoms with Gasteiger partial charge in [-0.05, 0) is 87.6 Å². The molecule has 3 unspecified atom stereocenters. The maximum atomic E-state index is 12.6. The van der Waals surface area contributed by atoms with Gasteiger partial charge >= 0.3 is 17.8 Å². The number of furan rings is 1. The Morgan fingerprint density at radius 1 is 1.04 bits per heavy atom. The van der Waals surface area contributed by atoms with Crippen LogP contribution in [0.1, 0.15) is 69.6 Å². The van der Waals surface area contributed by atoms with Crippen molar-refractivity contribution in [3.63, 3.8) is 0 Å². The summed E-state index contributed by atoms with van der Waals surface area (Å²) < 4.78 is 75.2. The van der Waals surface area contributed by atoms with Crippen LogP contribution in [-0.2, 0) is 47.4 Å². The molecule has 2 amide bonds. The third kappa shape index (κ3) is 19.2. The van der Waals surface area contributed by atoms with Crippen molar-refractivity contribution in [2.24, 2.45) is 5.73 Å². The lowest BCUT2D eigenvalue weighted by Crippen LogP contribution is -2.45. The van der Waals surface area contributed by atoms with Crippen molar-refractivity contribution in [3.05, 3.63) is 111 Å². The summed E-state index contributed by atoms with van der Waals surface area (Å²) in [6, 6.07) is 15.1. The topological polar surface area (TPSA) is 234 Å². The number of carboxylic acid groups (broad SMARTS) is 1. The number of alkyl halides is 6. The fourth-order valence-electron chi connectivity index (χ4n) is 6.32. The monoisotopic (exact) mass is 1090 g/mol. The lowest BCUT2D eigenvalue weighted by atomic mass is 10.0. The van der Waals surface area contributed by atoms with Gasteiger partial charge in [0.05, 0.1) is 40.6 Å². The van der Waals surface area contributed by atoms with E-state index in [1.165, 1.54) is 29.8 Å². The SMILES string of the molecule is CC1(C)OC(c2ccco2)CN1C(=O)C(Cl)Cl.CCOc1cc(Oc2ccc(C(F)(F)F)cc2Cl)ccc1[N+](=O)[O-].CCc1cccc(CC)c1N(COC)C(=O)CCl.CP(=O)(O)CCC(N)C(=O)O. The lowest BCUT2D eigenvalue weighted by Gasteiger charge is -2.29. The van der Waals surface area contributed by atoms with Gasteiger partial charge < -0.3 is 44.0 Å². The zero-order valence-corrected chi connectivity index (χ0v) is 43.1. The Hall–Kier alpha value is -4.63. The molecule has 3 aromatic carbocycles. The van der Waals surface area contributed by atoms with Crippen molar-refractivity contribution < 1.29 is 70.4 Å². The Bertz CT molecular complexity index is 2370. The summed E-state index contributed by atoms with van der Waals surface area (Å²) in [5, 5.41) is 19.0. The van der Waals surface area contributed by atoms with E-state index in [4.69, 9.17) is 85.5 Å². The van der Waals surface area contributed by atoms with Gasteiger partial charge in [0.25, 0.3) is 5.91 Å². The van der Waals surface area contributed by atoms with Gasteiger partial charge in [0.15, 0.2) is 12.2 Å². The Morgan fingerprint density at radius 3 is 2.13 bits per heavy atom. The molecule has 1 aromatic heterocycles. The molecule has 5 rings (SSSR count). The number of nitro benzene ring substituents is 1. The van der Waals surface area contributed by atoms with Gasteiger partial charge in [0.1, 0.15) is 47.7 Å². The van der Waals surface area contributed by atoms with E-state index < -0.39 is 46.6 Å². The van der Waals surface area contributed by atoms with Gasteiger partial charge in [-0.25, -0.2) is 0 Å². The Labute approximate surface area is 423 Å². The highest BCUT2D eigenvalue weighted by Crippen LogP contribution is 2.40. The third-order valence-corrected chi connectivity index (χ3v) is 11.7. The summed E-state index contributed by atoms with van der Waals surface area (Å²) in [5.41, 5.74) is 6.44. The van der Waals surface area contributed by atoms with E-state index in [1.54, 1.807) is 45.1 Å². The minimum Gasteiger partial charge on any atom is -0.487 e. The lowest BCUT2D eigenvalue weighted by molar-refractivity contribution is -0.385. The number of nitrogens with two attached hydrogens (primary N) is 1. The first-order valence-corrected chi connectivity index (χ1v) is 25.2. The predicted octanol–water partition coefficient (Wildman–Crippen LogP) is 10.9. The number of methoxy groups -OCH3 is 1. The summed E-state index contributed by atoms with van der Waals surface area (Å²) in [4.78, 5) is 55.0. The van der Waals surface area contributed by atoms with Crippen LogP contribution in [0.3, 0.4) is 0 Å². The predicted molar refractivity (Wildman–Crippen MR) is 261 cm³/mol. The summed E-state index contributed by atoms with van der Waals surface area (Å²) in [6.07, 6.45) is -1.48. The number of ether oxygens (including phenoxy) is 4. The number of carboxylic acids is 1. The van der Waals surface area contributed by atoms with Crippen LogP contribution < -0.4 is 20.1 Å². The van der Waals surface area contributed by atoms with Gasteiger partial charge in [0.2, 0.25) is 11.7 Å². The highest BCUT2D eigenvalue weighted by atomic mass is 35.5. The highest BCUT2D eigenvalue weighted by molar-refractivity contribution is 7.57. The van der Waals surface area contributed by atoms with Crippen LogP contribution in [0, 0.1) is 10.1 Å². The van der Waals surface area contributed by atoms with Crippen LogP contribution in [0.5, 0.6) is 17.2 Å². The van der Waals surface area contributed by atoms with Crippen LogP contribution in [0.25, 0.3) is 0 Å². The second kappa shape index (κ2) is 28.4. The number of aryl methyl sites for hydroxylation is 2. The molecule has 1 saturated heterocycles. The molecule has 0 bridgehead atoms. The van der Waals surface area contributed by atoms with E-state index in [1.807, 2.05) is 24.3 Å². The third-order valence-electron chi connectivity index (χ3n) is 9.74. The number of carbonyl (C=O) groups excluding carboxylic acids is 2. The Balaban J connectivity index is 0.000000331. The average Bonchev–Trinajstić information content (AvgIpc) is 3.95. The number of nitro groups is 1. The average molecular weight is 1090 g/mol. The fourth-order valence-corrected chi connectivity index (χ4v) is 7.68. The number of aliphatic carboxylic acids is 1. The van der Waals surface area contributed by atoms with E-state index in [-0.39, 0.29) is 77.7 Å². The quantitative estimate of drug-likeness (QED) is 0.0293. The van der Waals surface area contributed by atoms with E-state index in [0.29, 0.717) is 12.3 Å². The first-order valence-electron chi connectivity index (χ1n) is 21.2. The van der Waals surface area contributed by atoms with Crippen molar-refractivity contribution in [3.8, 4) is 17.2 Å². The number of hydrogen-bond acceptors (Lipinski definition) is 12. The van der Waals surface area contributed by atoms with Crippen molar-refractivity contribution in [1.29, 1.82) is 0 Å². The molecule has 1 aliphatic rings. The first-order chi connectivity index (χ1) is 32.6. The molecule has 4 aromatic rings. The molecule has 4 N–H and O–H groups in total. The minimum atomic E-state index is -4.52. The number of rotatable bonds is 17. The van der Waals surface area contributed by atoms with Crippen molar-refractivity contribution in [2.45, 2.75) is 82.8 Å². The number of halogens is 7. The molecule has 0 radical (unpaired) electrons. The summed E-state index contributed by atoms with van der Waals surface area (Å²) in [7, 11) is -1.52. The standard InChI is InChI=1S/C15H11ClF3NO4.C14H20ClNO2.C11H13Cl2NO3.C5H12NO4P/c1-2-23-14-8-10(4-5-12(14)20(21)22)24-13-6-3-9(7-11(13)16)15(17,18)19;1-4-11-7-6-8-12(5-2)14(11)16(10-18-3)13(17)9-15;1-11(2)14(10(15)9(12)13)6-8(17-11)7-4-3-5-16-7;1-11(9,10)3-2-4(6)5(7)8/h3-8H,2H2,1H3;6-8H,4-5,9-10H2,1-3H3;3-5,8-9H,6H2,1-2H3;4H,2-3,6H2,1H3,(H,7,8)(H,9,10). The van der Waals surface area contributed by atoms with Crippen LogP contribution in [-0.4, -0.2) is 99.9 Å². The molecule has 388 valence electrons. The molecule has 0 saturated carbocycles. The second-order valence-electron chi connectivity index (χ2n) is 15.4. The molecule has 17 nitrogen and oxygen atoms in total. The normalized spacial score (nSPS) is 15.2. The molecule has 1 aliphatic heterocycles. The van der Waals surface area contributed by atoms with Crippen molar-refractivity contribution >= 4 is 82.9 Å². The zero-order valence-electron chi connectivity index (χ0n) is 39.2. The van der Waals surface area contributed by atoms with Crippen LogP contribution >= 0.6 is 53.8 Å². The molecule has 2 heterocycles. The van der Waals surface area contributed by atoms with Crippen molar-refractivity contribution in [2.75, 3.05) is 50.6 Å². The maximum absolute atomic E-state index is 12.6. The molecule has 25 heteroatoms. The highest BCUT2D eigenvalue weighted by Gasteiger charge is 2.45. The van der Waals surface area contributed by atoms with Crippen LogP contribution in [0.2, 0.25) is 5.02 Å². The van der Waals surface area contributed by atoms with E-state index in [0.717, 1.165) is 47.9 Å². The second-order valence-corrected chi connectivity index (χ2v) is 19.7. The van der Waals surface area contributed by atoms with Gasteiger partial charge in [-0.1, -0.05) is 66.8 Å². The molecule has 0 aliphatic carbocycles. The van der Waals surface area contributed by atoms with Gasteiger partial charge in [0, 0.05) is 32.1 Å². The number of anilines is 1.